The highest BCUT2D eigenvalue weighted by atomic mass is 32.1. The van der Waals surface area contributed by atoms with Crippen LogP contribution >= 0.6 is 11.3 Å². The van der Waals surface area contributed by atoms with Crippen molar-refractivity contribution in [1.82, 2.24) is 9.47 Å². The van der Waals surface area contributed by atoms with Crippen LogP contribution < -0.4 is 14.9 Å². The smallest absolute Gasteiger partial charge is 0.338 e. The number of nitrogens with one attached hydrogen (secondary N) is 1. The van der Waals surface area contributed by atoms with Crippen LogP contribution in [0.15, 0.2) is 52.8 Å². The largest absolute Gasteiger partial charge is 0.482 e. The van der Waals surface area contributed by atoms with E-state index in [1.807, 2.05) is 30.3 Å². The Balaban J connectivity index is 1.67. The molecular formula is C27H32N4O4S. The van der Waals surface area contributed by atoms with Crippen molar-refractivity contribution < 1.29 is 19.1 Å². The number of benzene rings is 2. The topological polar surface area (TPSA) is 85.2 Å². The van der Waals surface area contributed by atoms with Gasteiger partial charge in [-0.1, -0.05) is 13.8 Å². The number of hydrogen-bond donors (Lipinski definition) is 1. The molecule has 190 valence electrons. The summed E-state index contributed by atoms with van der Waals surface area (Å²) in [6, 6.07) is 13.0. The standard InChI is InChI=1S/C27H32N4O4S/c1-4-30(5-2)14-7-15-31-23(20-10-13-24-22(16-20)29-25(32)17-35-24)18-36-27(31)28-21-11-8-19(9-12-21)26(33)34-6-3/h8-13,16,18H,4-7,14-15,17H2,1-3H3,(H,29,32). The number of aromatic nitrogens is 1. The van der Waals surface area contributed by atoms with E-state index in [-0.39, 0.29) is 18.5 Å². The maximum atomic E-state index is 12.0. The van der Waals surface area contributed by atoms with Crippen molar-refractivity contribution in [3.63, 3.8) is 0 Å². The molecular weight excluding hydrogens is 476 g/mol. The van der Waals surface area contributed by atoms with Gasteiger partial charge in [-0.2, -0.15) is 0 Å². The number of rotatable bonds is 10. The Hall–Kier alpha value is -3.43. The highest BCUT2D eigenvalue weighted by Gasteiger charge is 2.18. The van der Waals surface area contributed by atoms with E-state index >= 15 is 0 Å². The molecule has 3 aromatic rings. The van der Waals surface area contributed by atoms with Gasteiger partial charge in [-0.25, -0.2) is 9.79 Å². The van der Waals surface area contributed by atoms with Crippen molar-refractivity contribution >= 4 is 34.6 Å². The number of carbonyl (C=O) groups excluding carboxylic acids is 2. The number of ether oxygens (including phenoxy) is 2. The maximum Gasteiger partial charge on any atom is 0.338 e. The van der Waals surface area contributed by atoms with E-state index < -0.39 is 0 Å². The molecule has 0 atom stereocenters. The molecule has 0 fully saturated rings. The summed E-state index contributed by atoms with van der Waals surface area (Å²) in [6.45, 7) is 10.4. The lowest BCUT2D eigenvalue weighted by molar-refractivity contribution is -0.118. The molecule has 8 nitrogen and oxygen atoms in total. The van der Waals surface area contributed by atoms with Crippen molar-refractivity contribution in [1.29, 1.82) is 0 Å². The minimum Gasteiger partial charge on any atom is -0.482 e. The summed E-state index contributed by atoms with van der Waals surface area (Å²) >= 11 is 1.57. The van der Waals surface area contributed by atoms with Crippen LogP contribution in [0.3, 0.4) is 0 Å². The number of fused-ring (bicyclic) bond motifs is 1. The minimum absolute atomic E-state index is 0.0359. The zero-order chi connectivity index (χ0) is 25.5. The van der Waals surface area contributed by atoms with Gasteiger partial charge in [0.1, 0.15) is 5.75 Å². The molecule has 2 aromatic carbocycles. The number of nitrogens with zero attached hydrogens (tertiary/aromatic N) is 3. The monoisotopic (exact) mass is 508 g/mol. The second kappa shape index (κ2) is 12.0. The summed E-state index contributed by atoms with van der Waals surface area (Å²) in [5, 5.41) is 4.99. The predicted molar refractivity (Wildman–Crippen MR) is 142 cm³/mol. The fourth-order valence-electron chi connectivity index (χ4n) is 4.10. The molecule has 4 rings (SSSR count). The highest BCUT2D eigenvalue weighted by Crippen LogP contribution is 2.33. The normalized spacial score (nSPS) is 13.3. The van der Waals surface area contributed by atoms with Gasteiger partial charge in [0.2, 0.25) is 0 Å². The molecule has 0 saturated heterocycles. The first-order valence-electron chi connectivity index (χ1n) is 12.3. The Morgan fingerprint density at radius 3 is 2.67 bits per heavy atom. The molecule has 0 spiro atoms. The summed E-state index contributed by atoms with van der Waals surface area (Å²) in [5.41, 5.74) is 3.97. The fraction of sp³-hybridized carbons (Fsp3) is 0.370. The van der Waals surface area contributed by atoms with Crippen LogP contribution in [0.4, 0.5) is 11.4 Å². The van der Waals surface area contributed by atoms with Crippen LogP contribution in [-0.4, -0.2) is 54.2 Å². The van der Waals surface area contributed by atoms with Gasteiger partial charge in [0.15, 0.2) is 11.4 Å². The third-order valence-electron chi connectivity index (χ3n) is 6.06. The quantitative estimate of drug-likeness (QED) is 0.402. The fourth-order valence-corrected chi connectivity index (χ4v) is 5.05. The first-order valence-corrected chi connectivity index (χ1v) is 13.2. The van der Waals surface area contributed by atoms with E-state index in [9.17, 15) is 9.59 Å². The summed E-state index contributed by atoms with van der Waals surface area (Å²) in [4.78, 5) is 32.0. The van der Waals surface area contributed by atoms with Crippen LogP contribution in [0.25, 0.3) is 11.3 Å². The zero-order valence-electron chi connectivity index (χ0n) is 21.0. The molecule has 0 bridgehead atoms. The molecule has 0 radical (unpaired) electrons. The summed E-state index contributed by atoms with van der Waals surface area (Å²) < 4.78 is 12.8. The summed E-state index contributed by atoms with van der Waals surface area (Å²) in [7, 11) is 0. The van der Waals surface area contributed by atoms with Gasteiger partial charge in [0.25, 0.3) is 5.91 Å². The van der Waals surface area contributed by atoms with E-state index in [1.54, 1.807) is 30.4 Å². The van der Waals surface area contributed by atoms with Gasteiger partial charge in [-0.05, 0) is 75.4 Å². The Bertz CT molecular complexity index is 1280. The first kappa shape index (κ1) is 25.7. The SMILES string of the molecule is CCOC(=O)c1ccc(N=c2scc(-c3ccc4c(c3)NC(=O)CO4)n2CCCN(CC)CC)cc1. The number of anilines is 1. The van der Waals surface area contributed by atoms with Crippen LogP contribution in [0, 0.1) is 0 Å². The van der Waals surface area contributed by atoms with Gasteiger partial charge < -0.3 is 24.3 Å². The summed E-state index contributed by atoms with van der Waals surface area (Å²) in [5.74, 6) is 0.185. The van der Waals surface area contributed by atoms with E-state index in [4.69, 9.17) is 14.5 Å². The van der Waals surface area contributed by atoms with Crippen molar-refractivity contribution in [3.8, 4) is 17.0 Å². The van der Waals surface area contributed by atoms with Crippen molar-refractivity contribution in [2.45, 2.75) is 33.7 Å². The Labute approximate surface area is 215 Å². The molecule has 1 N–H and O–H groups in total. The van der Waals surface area contributed by atoms with Gasteiger partial charge in [0, 0.05) is 17.5 Å². The Morgan fingerprint density at radius 1 is 1.17 bits per heavy atom. The maximum absolute atomic E-state index is 12.0. The number of thiazole rings is 1. The van der Waals surface area contributed by atoms with E-state index in [0.29, 0.717) is 23.6 Å². The zero-order valence-corrected chi connectivity index (χ0v) is 21.8. The number of hydrogen-bond acceptors (Lipinski definition) is 7. The second-order valence-electron chi connectivity index (χ2n) is 8.36. The van der Waals surface area contributed by atoms with Crippen LogP contribution in [-0.2, 0) is 16.1 Å². The lowest BCUT2D eigenvalue weighted by Crippen LogP contribution is -2.26. The molecule has 9 heteroatoms. The van der Waals surface area contributed by atoms with Crippen molar-refractivity contribution in [3.05, 3.63) is 58.2 Å². The number of amides is 1. The molecule has 0 unspecified atom stereocenters. The molecule has 2 heterocycles. The molecule has 1 aliphatic rings. The van der Waals surface area contributed by atoms with Crippen LogP contribution in [0.1, 0.15) is 37.6 Å². The van der Waals surface area contributed by atoms with Gasteiger partial charge >= 0.3 is 5.97 Å². The van der Waals surface area contributed by atoms with Crippen molar-refractivity contribution in [2.75, 3.05) is 38.2 Å². The molecule has 0 saturated carbocycles. The number of esters is 1. The lowest BCUT2D eigenvalue weighted by Gasteiger charge is -2.20. The Morgan fingerprint density at radius 2 is 1.94 bits per heavy atom. The second-order valence-corrected chi connectivity index (χ2v) is 9.20. The van der Waals surface area contributed by atoms with E-state index in [0.717, 1.165) is 54.3 Å². The van der Waals surface area contributed by atoms with Crippen LogP contribution in [0.2, 0.25) is 0 Å². The Kier molecular flexibility index (Phi) is 8.56. The van der Waals surface area contributed by atoms with E-state index in [2.05, 4.69) is 34.0 Å². The third kappa shape index (κ3) is 6.03. The third-order valence-corrected chi connectivity index (χ3v) is 6.92. The molecule has 1 amide bonds. The predicted octanol–water partition coefficient (Wildman–Crippen LogP) is 4.69. The van der Waals surface area contributed by atoms with Gasteiger partial charge in [0.05, 0.1) is 29.2 Å². The average molecular weight is 509 g/mol. The lowest BCUT2D eigenvalue weighted by atomic mass is 10.1. The van der Waals surface area contributed by atoms with Gasteiger partial charge in [-0.15, -0.1) is 11.3 Å². The molecule has 1 aliphatic heterocycles. The summed E-state index contributed by atoms with van der Waals surface area (Å²) in [6.07, 6.45) is 0.977. The molecule has 36 heavy (non-hydrogen) atoms. The van der Waals surface area contributed by atoms with E-state index in [1.165, 1.54) is 0 Å². The van der Waals surface area contributed by atoms with Crippen LogP contribution in [0.5, 0.6) is 5.75 Å². The van der Waals surface area contributed by atoms with Gasteiger partial charge in [-0.3, -0.25) is 4.79 Å². The molecule has 1 aromatic heterocycles. The highest BCUT2D eigenvalue weighted by molar-refractivity contribution is 7.07. The van der Waals surface area contributed by atoms with Crippen molar-refractivity contribution in [2.24, 2.45) is 4.99 Å². The first-order chi connectivity index (χ1) is 17.5. The number of carbonyl (C=O) groups is 2. The minimum atomic E-state index is -0.336. The average Bonchev–Trinajstić information content (AvgIpc) is 3.28. The molecule has 0 aliphatic carbocycles.